The summed E-state index contributed by atoms with van der Waals surface area (Å²) in [7, 11) is 1.59. The number of anilines is 1. The number of hydrogen-bond acceptors (Lipinski definition) is 5. The normalized spacial score (nSPS) is 13.4. The predicted molar refractivity (Wildman–Crippen MR) is 115 cm³/mol. The van der Waals surface area contributed by atoms with Gasteiger partial charge in [-0.1, -0.05) is 6.07 Å². The molecule has 0 aliphatic heterocycles. The number of aryl methyl sites for hydroxylation is 1. The highest BCUT2D eigenvalue weighted by Gasteiger charge is 2.31. The van der Waals surface area contributed by atoms with Crippen molar-refractivity contribution in [3.05, 3.63) is 45.8 Å². The van der Waals surface area contributed by atoms with Gasteiger partial charge in [-0.25, -0.2) is 0 Å². The molecular weight excluding hydrogens is 445 g/mol. The van der Waals surface area contributed by atoms with Gasteiger partial charge in [0.15, 0.2) is 6.61 Å². The van der Waals surface area contributed by atoms with E-state index >= 15 is 0 Å². The fraction of sp³-hybridized carbons (Fsp3) is 0.455. The zero-order valence-corrected chi connectivity index (χ0v) is 18.5. The minimum absolute atomic E-state index is 0.0587. The monoisotopic (exact) mass is 470 g/mol. The number of rotatable bonds is 9. The number of carbonyl (C=O) groups excluding carboxylic acids is 2. The van der Waals surface area contributed by atoms with E-state index in [1.165, 1.54) is 23.5 Å². The van der Waals surface area contributed by atoms with Crippen molar-refractivity contribution >= 4 is 28.2 Å². The fourth-order valence-corrected chi connectivity index (χ4v) is 4.78. The number of ether oxygens (including phenoxy) is 2. The average Bonchev–Trinajstić information content (AvgIpc) is 3.12. The van der Waals surface area contributed by atoms with Gasteiger partial charge in [0.05, 0.1) is 11.1 Å². The second kappa shape index (κ2) is 10.8. The summed E-state index contributed by atoms with van der Waals surface area (Å²) in [6.45, 7) is 0.501. The summed E-state index contributed by atoms with van der Waals surface area (Å²) in [5.41, 5.74) is 0.572. The maximum absolute atomic E-state index is 12.8. The number of nitrogens with one attached hydrogen (secondary N) is 2. The Balaban J connectivity index is 1.67. The van der Waals surface area contributed by atoms with Gasteiger partial charge in [-0.15, -0.1) is 11.3 Å². The first kappa shape index (κ1) is 24.1. The lowest BCUT2D eigenvalue weighted by Crippen LogP contribution is -2.28. The Bertz CT molecular complexity index is 959. The van der Waals surface area contributed by atoms with E-state index in [4.69, 9.17) is 9.47 Å². The summed E-state index contributed by atoms with van der Waals surface area (Å²) in [4.78, 5) is 26.4. The van der Waals surface area contributed by atoms with E-state index < -0.39 is 24.3 Å². The summed E-state index contributed by atoms with van der Waals surface area (Å²) in [5, 5.41) is 6.02. The third-order valence-electron chi connectivity index (χ3n) is 4.99. The van der Waals surface area contributed by atoms with Crippen molar-refractivity contribution in [3.63, 3.8) is 0 Å². The van der Waals surface area contributed by atoms with Crippen LogP contribution in [-0.4, -0.2) is 38.7 Å². The van der Waals surface area contributed by atoms with E-state index in [1.54, 1.807) is 7.11 Å². The molecule has 1 aliphatic rings. The van der Waals surface area contributed by atoms with Gasteiger partial charge in [-0.3, -0.25) is 9.59 Å². The van der Waals surface area contributed by atoms with Gasteiger partial charge >= 0.3 is 6.18 Å². The first-order chi connectivity index (χ1) is 15.3. The maximum atomic E-state index is 12.8. The van der Waals surface area contributed by atoms with Gasteiger partial charge in [-0.2, -0.15) is 13.2 Å². The van der Waals surface area contributed by atoms with Crippen molar-refractivity contribution in [2.75, 3.05) is 32.2 Å². The predicted octanol–water partition coefficient (Wildman–Crippen LogP) is 4.43. The minimum Gasteiger partial charge on any atom is -0.484 e. The van der Waals surface area contributed by atoms with Crippen LogP contribution in [0.4, 0.5) is 18.2 Å². The highest BCUT2D eigenvalue weighted by molar-refractivity contribution is 7.17. The van der Waals surface area contributed by atoms with Crippen LogP contribution in [0, 0.1) is 0 Å². The number of methoxy groups -OCH3 is 1. The molecule has 1 aliphatic carbocycles. The van der Waals surface area contributed by atoms with E-state index in [0.717, 1.165) is 48.3 Å². The van der Waals surface area contributed by atoms with Gasteiger partial charge < -0.3 is 20.1 Å². The zero-order valence-electron chi connectivity index (χ0n) is 17.6. The molecule has 0 saturated carbocycles. The molecule has 6 nitrogen and oxygen atoms in total. The van der Waals surface area contributed by atoms with Crippen LogP contribution in [0.25, 0.3) is 0 Å². The molecule has 0 bridgehead atoms. The summed E-state index contributed by atoms with van der Waals surface area (Å²) >= 11 is 1.37. The number of halogens is 3. The van der Waals surface area contributed by atoms with Crippen molar-refractivity contribution < 1.29 is 32.2 Å². The molecule has 32 heavy (non-hydrogen) atoms. The minimum atomic E-state index is -4.50. The third-order valence-corrected chi connectivity index (χ3v) is 6.20. The Hall–Kier alpha value is -2.59. The van der Waals surface area contributed by atoms with Crippen LogP contribution in [0.1, 0.15) is 45.6 Å². The zero-order chi connectivity index (χ0) is 23.1. The molecule has 1 heterocycles. The molecule has 0 radical (unpaired) electrons. The molecule has 1 aromatic carbocycles. The first-order valence-corrected chi connectivity index (χ1v) is 11.1. The van der Waals surface area contributed by atoms with Gasteiger partial charge in [0.1, 0.15) is 10.8 Å². The van der Waals surface area contributed by atoms with E-state index in [0.29, 0.717) is 30.1 Å². The molecule has 10 heteroatoms. The van der Waals surface area contributed by atoms with Crippen LogP contribution in [0.15, 0.2) is 24.3 Å². The van der Waals surface area contributed by atoms with E-state index in [2.05, 4.69) is 10.6 Å². The maximum Gasteiger partial charge on any atom is 0.416 e. The Morgan fingerprint density at radius 2 is 1.97 bits per heavy atom. The topological polar surface area (TPSA) is 76.7 Å². The second-order valence-corrected chi connectivity index (χ2v) is 8.48. The Kier molecular flexibility index (Phi) is 8.14. The van der Waals surface area contributed by atoms with Crippen LogP contribution in [0.2, 0.25) is 0 Å². The van der Waals surface area contributed by atoms with Crippen molar-refractivity contribution in [2.45, 2.75) is 38.3 Å². The molecule has 0 fully saturated rings. The molecule has 1 aromatic heterocycles. The molecule has 0 saturated heterocycles. The quantitative estimate of drug-likeness (QED) is 0.532. The van der Waals surface area contributed by atoms with Crippen molar-refractivity contribution in [2.24, 2.45) is 0 Å². The molecule has 3 rings (SSSR count). The van der Waals surface area contributed by atoms with Crippen molar-refractivity contribution in [1.82, 2.24) is 5.32 Å². The summed E-state index contributed by atoms with van der Waals surface area (Å²) in [6.07, 6.45) is -0.220. The molecule has 0 atom stereocenters. The molecule has 0 spiro atoms. The van der Waals surface area contributed by atoms with E-state index in [-0.39, 0.29) is 11.7 Å². The van der Waals surface area contributed by atoms with Crippen molar-refractivity contribution in [3.8, 4) is 5.75 Å². The lowest BCUT2D eigenvalue weighted by atomic mass is 9.95. The highest BCUT2D eigenvalue weighted by atomic mass is 32.1. The highest BCUT2D eigenvalue weighted by Crippen LogP contribution is 2.38. The largest absolute Gasteiger partial charge is 0.484 e. The number of thiophene rings is 1. The lowest BCUT2D eigenvalue weighted by Gasteiger charge is -2.13. The molecule has 174 valence electrons. The molecular formula is C22H25F3N2O4S. The number of fused-ring (bicyclic) bond motifs is 1. The number of alkyl halides is 3. The molecule has 2 aromatic rings. The summed E-state index contributed by atoms with van der Waals surface area (Å²) in [6, 6.07) is 4.34. The number of benzene rings is 1. The molecule has 2 N–H and O–H groups in total. The molecule has 0 unspecified atom stereocenters. The van der Waals surface area contributed by atoms with E-state index in [9.17, 15) is 22.8 Å². The SMILES string of the molecule is COCCCNC(=O)c1c(NC(=O)COc2cccc(C(F)(F)F)c2)sc2c1CCCC2. The van der Waals surface area contributed by atoms with Gasteiger partial charge in [0.25, 0.3) is 11.8 Å². The molecule has 2 amide bonds. The van der Waals surface area contributed by atoms with Crippen LogP contribution >= 0.6 is 11.3 Å². The van der Waals surface area contributed by atoms with Gasteiger partial charge in [-0.05, 0) is 55.9 Å². The average molecular weight is 471 g/mol. The van der Waals surface area contributed by atoms with Crippen LogP contribution in [0.3, 0.4) is 0 Å². The number of hydrogen-bond donors (Lipinski definition) is 2. The Morgan fingerprint density at radius 3 is 2.72 bits per heavy atom. The summed E-state index contributed by atoms with van der Waals surface area (Å²) < 4.78 is 48.8. The van der Waals surface area contributed by atoms with Crippen LogP contribution in [-0.2, 0) is 28.5 Å². The smallest absolute Gasteiger partial charge is 0.416 e. The van der Waals surface area contributed by atoms with Gasteiger partial charge in [0.2, 0.25) is 0 Å². The van der Waals surface area contributed by atoms with E-state index in [1.807, 2.05) is 0 Å². The Labute approximate surface area is 188 Å². The number of carbonyl (C=O) groups is 2. The second-order valence-electron chi connectivity index (χ2n) is 7.38. The van der Waals surface area contributed by atoms with Crippen LogP contribution in [0.5, 0.6) is 5.75 Å². The number of amides is 2. The fourth-order valence-electron chi connectivity index (χ4n) is 3.47. The van der Waals surface area contributed by atoms with Crippen molar-refractivity contribution in [1.29, 1.82) is 0 Å². The van der Waals surface area contributed by atoms with Gasteiger partial charge in [0, 0.05) is 25.1 Å². The third kappa shape index (κ3) is 6.23. The van der Waals surface area contributed by atoms with Crippen LogP contribution < -0.4 is 15.4 Å². The summed E-state index contributed by atoms with van der Waals surface area (Å²) in [5.74, 6) is -0.861. The first-order valence-electron chi connectivity index (χ1n) is 10.3. The lowest BCUT2D eigenvalue weighted by molar-refractivity contribution is -0.137. The Morgan fingerprint density at radius 1 is 1.19 bits per heavy atom. The standard InChI is InChI=1S/C22H25F3N2O4S/c1-30-11-5-10-26-20(29)19-16-8-2-3-9-17(16)32-21(19)27-18(28)13-31-15-7-4-6-14(12-15)22(23,24)25/h4,6-7,12H,2-3,5,8-11,13H2,1H3,(H,26,29)(H,27,28).